The monoisotopic (exact) mass is 315 g/mol. The molecule has 7 nitrogen and oxygen atoms in total. The Morgan fingerprint density at radius 3 is 2.83 bits per heavy atom. The van der Waals surface area contributed by atoms with Crippen LogP contribution in [0.4, 0.5) is 0 Å². The van der Waals surface area contributed by atoms with Gasteiger partial charge in [0, 0.05) is 19.2 Å². The van der Waals surface area contributed by atoms with Crippen LogP contribution in [0.5, 0.6) is 0 Å². The summed E-state index contributed by atoms with van der Waals surface area (Å²) in [6.45, 7) is 0.766. The Morgan fingerprint density at radius 1 is 1.35 bits per heavy atom. The second-order valence-electron chi connectivity index (χ2n) is 6.30. The second-order valence-corrected chi connectivity index (χ2v) is 6.30. The Balaban J connectivity index is 1.52. The molecule has 7 heteroatoms. The average Bonchev–Trinajstić information content (AvgIpc) is 3.03. The van der Waals surface area contributed by atoms with Crippen LogP contribution in [0.2, 0.25) is 0 Å². The number of carboxylic acids is 1. The maximum atomic E-state index is 12.6. The van der Waals surface area contributed by atoms with Crippen LogP contribution in [0.1, 0.15) is 23.3 Å². The maximum Gasteiger partial charge on any atom is 0.308 e. The highest BCUT2D eigenvalue weighted by atomic mass is 16.4. The molecule has 4 rings (SSSR count). The number of amides is 1. The Kier molecular flexibility index (Phi) is 3.21. The van der Waals surface area contributed by atoms with E-state index in [1.807, 2.05) is 0 Å². The number of furan rings is 1. The molecule has 0 bridgehead atoms. The molecule has 2 fully saturated rings. The fraction of sp³-hybridized carbons (Fsp3) is 0.438. The maximum absolute atomic E-state index is 12.6. The van der Waals surface area contributed by atoms with E-state index >= 15 is 0 Å². The summed E-state index contributed by atoms with van der Waals surface area (Å²) < 4.78 is 5.27. The van der Waals surface area contributed by atoms with Gasteiger partial charge in [0.05, 0.1) is 12.2 Å². The molecule has 2 aromatic rings. The first-order valence-electron chi connectivity index (χ1n) is 7.75. The van der Waals surface area contributed by atoms with E-state index in [9.17, 15) is 14.7 Å². The van der Waals surface area contributed by atoms with Gasteiger partial charge in [-0.25, -0.2) is 0 Å². The average molecular weight is 315 g/mol. The van der Waals surface area contributed by atoms with Gasteiger partial charge < -0.3 is 14.4 Å². The lowest BCUT2D eigenvalue weighted by atomic mass is 9.92. The highest BCUT2D eigenvalue weighted by Crippen LogP contribution is 2.44. The van der Waals surface area contributed by atoms with Crippen molar-refractivity contribution in [1.29, 1.82) is 0 Å². The Hall–Kier alpha value is -2.57. The van der Waals surface area contributed by atoms with Crippen molar-refractivity contribution in [3.8, 4) is 11.5 Å². The lowest BCUT2D eigenvalue weighted by molar-refractivity contribution is -0.142. The highest BCUT2D eigenvalue weighted by molar-refractivity contribution is 5.94. The molecular weight excluding hydrogens is 298 g/mol. The zero-order valence-electron chi connectivity index (χ0n) is 12.4. The fourth-order valence-electron chi connectivity index (χ4n) is 3.41. The number of aromatic nitrogens is 2. The third kappa shape index (κ3) is 2.52. The molecule has 1 aliphatic carbocycles. The fourth-order valence-corrected chi connectivity index (χ4v) is 3.41. The van der Waals surface area contributed by atoms with E-state index in [0.717, 1.165) is 12.8 Å². The molecule has 2 N–H and O–H groups in total. The first-order chi connectivity index (χ1) is 11.1. The minimum atomic E-state index is -0.810. The summed E-state index contributed by atoms with van der Waals surface area (Å²) in [7, 11) is 0. The molecule has 1 saturated heterocycles. The predicted octanol–water partition coefficient (Wildman–Crippen LogP) is 1.85. The van der Waals surface area contributed by atoms with E-state index in [0.29, 0.717) is 23.9 Å². The molecule has 0 unspecified atom stereocenters. The number of H-pyrrole nitrogens is 1. The van der Waals surface area contributed by atoms with Gasteiger partial charge in [-0.3, -0.25) is 14.7 Å². The van der Waals surface area contributed by atoms with Gasteiger partial charge in [-0.2, -0.15) is 5.10 Å². The summed E-state index contributed by atoms with van der Waals surface area (Å²) in [4.78, 5) is 25.7. The number of hydrogen-bond acceptors (Lipinski definition) is 4. The molecule has 1 saturated carbocycles. The zero-order chi connectivity index (χ0) is 16.0. The first kappa shape index (κ1) is 14.0. The van der Waals surface area contributed by atoms with Crippen molar-refractivity contribution >= 4 is 11.9 Å². The van der Waals surface area contributed by atoms with Gasteiger partial charge in [-0.05, 0) is 36.8 Å². The van der Waals surface area contributed by atoms with Gasteiger partial charge in [0.25, 0.3) is 5.91 Å². The summed E-state index contributed by atoms with van der Waals surface area (Å²) in [6.07, 6.45) is 3.69. The number of carbonyl (C=O) groups is 2. The third-order valence-electron chi connectivity index (χ3n) is 4.78. The number of carbonyl (C=O) groups excluding carboxylic acids is 1. The van der Waals surface area contributed by atoms with Crippen molar-refractivity contribution in [2.45, 2.75) is 12.8 Å². The lowest BCUT2D eigenvalue weighted by Crippen LogP contribution is -2.30. The highest BCUT2D eigenvalue weighted by Gasteiger charge is 2.47. The van der Waals surface area contributed by atoms with E-state index in [1.54, 1.807) is 29.4 Å². The third-order valence-corrected chi connectivity index (χ3v) is 4.78. The summed E-state index contributed by atoms with van der Waals surface area (Å²) in [5.41, 5.74) is 0.920. The normalized spacial score (nSPS) is 24.1. The first-order valence-corrected chi connectivity index (χ1v) is 7.75. The largest absolute Gasteiger partial charge is 0.481 e. The molecule has 0 aromatic carbocycles. The second kappa shape index (κ2) is 5.26. The smallest absolute Gasteiger partial charge is 0.308 e. The summed E-state index contributed by atoms with van der Waals surface area (Å²) in [5, 5.41) is 16.2. The van der Waals surface area contributed by atoms with Gasteiger partial charge in [-0.15, -0.1) is 0 Å². The van der Waals surface area contributed by atoms with E-state index in [2.05, 4.69) is 10.2 Å². The Bertz CT molecular complexity index is 732. The van der Waals surface area contributed by atoms with Crippen LogP contribution in [0.3, 0.4) is 0 Å². The van der Waals surface area contributed by atoms with Crippen LogP contribution in [-0.2, 0) is 4.79 Å². The van der Waals surface area contributed by atoms with Crippen LogP contribution in [-0.4, -0.2) is 45.2 Å². The molecule has 23 heavy (non-hydrogen) atoms. The molecule has 120 valence electrons. The SMILES string of the molecule is O=C(O)[C@H]1CN(C(=O)c2cc(-c3ccco3)[nH]n2)C[C@@H]1C1CC1. The molecule has 2 aliphatic rings. The van der Waals surface area contributed by atoms with Gasteiger partial charge in [0.1, 0.15) is 5.69 Å². The number of carboxylic acid groups (broad SMARTS) is 1. The van der Waals surface area contributed by atoms with Crippen molar-refractivity contribution in [3.63, 3.8) is 0 Å². The van der Waals surface area contributed by atoms with Crippen LogP contribution in [0.15, 0.2) is 28.9 Å². The predicted molar refractivity (Wildman–Crippen MR) is 79.5 cm³/mol. The number of nitrogens with zero attached hydrogens (tertiary/aromatic N) is 2. The summed E-state index contributed by atoms with van der Waals surface area (Å²) in [6, 6.07) is 5.18. The molecular formula is C16H17N3O4. The van der Waals surface area contributed by atoms with Gasteiger partial charge >= 0.3 is 5.97 Å². The van der Waals surface area contributed by atoms with E-state index in [4.69, 9.17) is 4.42 Å². The Labute approximate surface area is 132 Å². The van der Waals surface area contributed by atoms with Crippen LogP contribution in [0, 0.1) is 17.8 Å². The van der Waals surface area contributed by atoms with Gasteiger partial charge in [0.2, 0.25) is 0 Å². The van der Waals surface area contributed by atoms with Crippen LogP contribution >= 0.6 is 0 Å². The summed E-state index contributed by atoms with van der Waals surface area (Å²) >= 11 is 0. The lowest BCUT2D eigenvalue weighted by Gasteiger charge is -2.14. The topological polar surface area (TPSA) is 99.4 Å². The van der Waals surface area contributed by atoms with Crippen molar-refractivity contribution in [1.82, 2.24) is 15.1 Å². The number of hydrogen-bond donors (Lipinski definition) is 2. The number of rotatable bonds is 4. The number of aliphatic carboxylic acids is 1. The zero-order valence-corrected chi connectivity index (χ0v) is 12.4. The number of nitrogens with one attached hydrogen (secondary N) is 1. The molecule has 0 spiro atoms. The molecule has 3 heterocycles. The number of aromatic amines is 1. The number of likely N-dealkylation sites (tertiary alicyclic amines) is 1. The minimum absolute atomic E-state index is 0.0694. The standard InChI is InChI=1S/C16H17N3O4/c20-15(13-6-12(17-18-13)14-2-1-5-23-14)19-7-10(9-3-4-9)11(8-19)16(21)22/h1-2,5-6,9-11H,3-4,7-8H2,(H,17,18)(H,21,22)/t10-,11+/m1/s1. The van der Waals surface area contributed by atoms with Crippen molar-refractivity contribution in [2.24, 2.45) is 17.8 Å². The quantitative estimate of drug-likeness (QED) is 0.897. The van der Waals surface area contributed by atoms with Crippen molar-refractivity contribution < 1.29 is 19.1 Å². The van der Waals surface area contributed by atoms with Gasteiger partial charge in [0.15, 0.2) is 11.5 Å². The van der Waals surface area contributed by atoms with Crippen molar-refractivity contribution in [2.75, 3.05) is 13.1 Å². The van der Waals surface area contributed by atoms with E-state index < -0.39 is 11.9 Å². The Morgan fingerprint density at radius 2 is 2.17 bits per heavy atom. The van der Waals surface area contributed by atoms with E-state index in [-0.39, 0.29) is 24.1 Å². The molecule has 1 aliphatic heterocycles. The minimum Gasteiger partial charge on any atom is -0.481 e. The molecule has 1 amide bonds. The molecule has 2 aromatic heterocycles. The summed E-state index contributed by atoms with van der Waals surface area (Å²) in [5.74, 6) is -0.372. The molecule has 0 radical (unpaired) electrons. The van der Waals surface area contributed by atoms with E-state index in [1.165, 1.54) is 0 Å². The van der Waals surface area contributed by atoms with Crippen LogP contribution in [0.25, 0.3) is 11.5 Å². The van der Waals surface area contributed by atoms with Crippen LogP contribution < -0.4 is 0 Å². The van der Waals surface area contributed by atoms with Crippen molar-refractivity contribution in [3.05, 3.63) is 30.2 Å². The molecule has 2 atom stereocenters. The van der Waals surface area contributed by atoms with Gasteiger partial charge in [-0.1, -0.05) is 0 Å².